The van der Waals surface area contributed by atoms with E-state index in [4.69, 9.17) is 9.47 Å². The molecule has 20 heavy (non-hydrogen) atoms. The zero-order valence-electron chi connectivity index (χ0n) is 12.7. The lowest BCUT2D eigenvalue weighted by Crippen LogP contribution is -2.24. The molecule has 1 heterocycles. The quantitative estimate of drug-likeness (QED) is 0.901. The normalized spacial score (nSPS) is 18.9. The predicted octanol–water partition coefficient (Wildman–Crippen LogP) is 3.12. The highest BCUT2D eigenvalue weighted by Gasteiger charge is 2.26. The predicted molar refractivity (Wildman–Crippen MR) is 79.0 cm³/mol. The first-order chi connectivity index (χ1) is 9.50. The van der Waals surface area contributed by atoms with Gasteiger partial charge in [0.05, 0.1) is 13.7 Å². The molecule has 0 aliphatic heterocycles. The van der Waals surface area contributed by atoms with Gasteiger partial charge in [-0.25, -0.2) is 0 Å². The summed E-state index contributed by atoms with van der Waals surface area (Å²) in [5.41, 5.74) is 1.19. The number of hydrogen-bond acceptors (Lipinski definition) is 3. The number of methoxy groups -OCH3 is 1. The molecule has 0 bridgehead atoms. The molecule has 1 fully saturated rings. The largest absolute Gasteiger partial charge is 0.491 e. The van der Waals surface area contributed by atoms with Gasteiger partial charge in [-0.2, -0.15) is 0 Å². The second kappa shape index (κ2) is 6.44. The average Bonchev–Trinajstić information content (AvgIpc) is 2.41. The smallest absolute Gasteiger partial charge is 0.223 e. The van der Waals surface area contributed by atoms with E-state index in [1.165, 1.54) is 32.8 Å². The van der Waals surface area contributed by atoms with Gasteiger partial charge in [-0.1, -0.05) is 13.8 Å². The second-order valence-corrected chi connectivity index (χ2v) is 6.51. The standard InChI is InChI=1S/C16H25NO3/c1-16(2)6-4-12(5-7-16)10-20-11-13-8-14(18)15(19-3)9-17-13/h8-9,12H,4-7,10-11H2,1-3H3,(H,17,18). The first kappa shape index (κ1) is 15.1. The SMILES string of the molecule is COc1c[nH]c(COCC2CCC(C)(C)CC2)cc1=O. The second-order valence-electron chi connectivity index (χ2n) is 6.51. The minimum Gasteiger partial charge on any atom is -0.491 e. The van der Waals surface area contributed by atoms with Crippen molar-refractivity contribution in [2.45, 2.75) is 46.1 Å². The van der Waals surface area contributed by atoms with E-state index >= 15 is 0 Å². The summed E-state index contributed by atoms with van der Waals surface area (Å²) in [6, 6.07) is 1.54. The number of H-pyrrole nitrogens is 1. The van der Waals surface area contributed by atoms with Gasteiger partial charge < -0.3 is 14.5 Å². The van der Waals surface area contributed by atoms with Crippen LogP contribution in [0.5, 0.6) is 5.75 Å². The molecule has 2 rings (SSSR count). The van der Waals surface area contributed by atoms with Gasteiger partial charge in [-0.15, -0.1) is 0 Å². The van der Waals surface area contributed by atoms with Crippen LogP contribution in [0.4, 0.5) is 0 Å². The fourth-order valence-corrected chi connectivity index (χ4v) is 2.70. The van der Waals surface area contributed by atoms with E-state index in [9.17, 15) is 4.79 Å². The fraction of sp³-hybridized carbons (Fsp3) is 0.688. The number of aromatic amines is 1. The molecule has 1 aromatic rings. The number of rotatable bonds is 5. The lowest BCUT2D eigenvalue weighted by molar-refractivity contribution is 0.0546. The summed E-state index contributed by atoms with van der Waals surface area (Å²) in [6.07, 6.45) is 6.63. The van der Waals surface area contributed by atoms with Crippen molar-refractivity contribution in [2.24, 2.45) is 11.3 Å². The molecule has 0 aromatic carbocycles. The number of pyridine rings is 1. The molecule has 4 nitrogen and oxygen atoms in total. The topological polar surface area (TPSA) is 51.3 Å². The van der Waals surface area contributed by atoms with E-state index in [0.717, 1.165) is 12.3 Å². The summed E-state index contributed by atoms with van der Waals surface area (Å²) in [4.78, 5) is 14.6. The maximum atomic E-state index is 11.6. The third-order valence-electron chi connectivity index (χ3n) is 4.23. The summed E-state index contributed by atoms with van der Waals surface area (Å²) >= 11 is 0. The van der Waals surface area contributed by atoms with Crippen molar-refractivity contribution in [1.29, 1.82) is 0 Å². The third kappa shape index (κ3) is 4.10. The number of ether oxygens (including phenoxy) is 2. The Kier molecular flexibility index (Phi) is 4.86. The van der Waals surface area contributed by atoms with Crippen LogP contribution >= 0.6 is 0 Å². The lowest BCUT2D eigenvalue weighted by Gasteiger charge is -2.34. The van der Waals surface area contributed by atoms with Crippen LogP contribution in [0.25, 0.3) is 0 Å². The van der Waals surface area contributed by atoms with Crippen LogP contribution < -0.4 is 10.2 Å². The van der Waals surface area contributed by atoms with Crippen LogP contribution in [0.1, 0.15) is 45.2 Å². The van der Waals surface area contributed by atoms with Crippen molar-refractivity contribution in [3.8, 4) is 5.75 Å². The van der Waals surface area contributed by atoms with Crippen molar-refractivity contribution < 1.29 is 9.47 Å². The maximum Gasteiger partial charge on any atom is 0.223 e. The molecule has 0 amide bonds. The maximum absolute atomic E-state index is 11.6. The molecular weight excluding hydrogens is 254 g/mol. The van der Waals surface area contributed by atoms with Gasteiger partial charge in [0.15, 0.2) is 5.75 Å². The minimum absolute atomic E-state index is 0.107. The van der Waals surface area contributed by atoms with Crippen LogP contribution in [0.15, 0.2) is 17.1 Å². The monoisotopic (exact) mass is 279 g/mol. The minimum atomic E-state index is -0.107. The Bertz CT molecular complexity index is 483. The Morgan fingerprint density at radius 1 is 1.35 bits per heavy atom. The Labute approximate surface area is 120 Å². The number of aromatic nitrogens is 1. The van der Waals surface area contributed by atoms with Gasteiger partial charge in [-0.05, 0) is 37.0 Å². The zero-order valence-corrected chi connectivity index (χ0v) is 12.7. The van der Waals surface area contributed by atoms with Gasteiger partial charge in [0, 0.05) is 24.6 Å². The molecule has 112 valence electrons. The highest BCUT2D eigenvalue weighted by atomic mass is 16.5. The molecule has 0 radical (unpaired) electrons. The Hall–Kier alpha value is -1.29. The van der Waals surface area contributed by atoms with E-state index in [1.54, 1.807) is 12.3 Å². The molecule has 1 N–H and O–H groups in total. The fourth-order valence-electron chi connectivity index (χ4n) is 2.70. The Balaban J connectivity index is 1.76. The molecule has 0 unspecified atom stereocenters. The molecule has 1 saturated carbocycles. The average molecular weight is 279 g/mol. The third-order valence-corrected chi connectivity index (χ3v) is 4.23. The first-order valence-corrected chi connectivity index (χ1v) is 7.33. The van der Waals surface area contributed by atoms with Crippen LogP contribution in [0.2, 0.25) is 0 Å². The van der Waals surface area contributed by atoms with Crippen LogP contribution in [-0.4, -0.2) is 18.7 Å². The number of hydrogen-bond donors (Lipinski definition) is 1. The molecule has 0 atom stereocenters. The van der Waals surface area contributed by atoms with Crippen molar-refractivity contribution in [1.82, 2.24) is 4.98 Å². The summed E-state index contributed by atoms with van der Waals surface area (Å²) in [5.74, 6) is 0.997. The Morgan fingerprint density at radius 2 is 2.05 bits per heavy atom. The van der Waals surface area contributed by atoms with Crippen molar-refractivity contribution in [3.63, 3.8) is 0 Å². The molecule has 1 aliphatic carbocycles. The molecule has 1 aromatic heterocycles. The zero-order chi connectivity index (χ0) is 14.6. The molecule has 4 heteroatoms. The van der Waals surface area contributed by atoms with E-state index in [0.29, 0.717) is 23.7 Å². The highest BCUT2D eigenvalue weighted by molar-refractivity contribution is 5.19. The van der Waals surface area contributed by atoms with Crippen LogP contribution in [0, 0.1) is 11.3 Å². The van der Waals surface area contributed by atoms with Gasteiger partial charge >= 0.3 is 0 Å². The van der Waals surface area contributed by atoms with Crippen LogP contribution in [0.3, 0.4) is 0 Å². The Morgan fingerprint density at radius 3 is 2.65 bits per heavy atom. The van der Waals surface area contributed by atoms with Gasteiger partial charge in [-0.3, -0.25) is 4.79 Å². The molecule has 0 spiro atoms. The van der Waals surface area contributed by atoms with Gasteiger partial charge in [0.2, 0.25) is 5.43 Å². The molecular formula is C16H25NO3. The summed E-state index contributed by atoms with van der Waals surface area (Å²) in [5, 5.41) is 0. The van der Waals surface area contributed by atoms with Crippen molar-refractivity contribution in [3.05, 3.63) is 28.2 Å². The lowest BCUT2D eigenvalue weighted by atomic mass is 9.73. The van der Waals surface area contributed by atoms with E-state index in [2.05, 4.69) is 18.8 Å². The summed E-state index contributed by atoms with van der Waals surface area (Å²) < 4.78 is 10.7. The van der Waals surface area contributed by atoms with E-state index in [-0.39, 0.29) is 5.43 Å². The highest BCUT2D eigenvalue weighted by Crippen LogP contribution is 2.37. The summed E-state index contributed by atoms with van der Waals surface area (Å²) in [7, 11) is 1.49. The van der Waals surface area contributed by atoms with Crippen molar-refractivity contribution in [2.75, 3.05) is 13.7 Å². The molecule has 1 aliphatic rings. The summed E-state index contributed by atoms with van der Waals surface area (Å²) in [6.45, 7) is 5.92. The van der Waals surface area contributed by atoms with Gasteiger partial charge in [0.1, 0.15) is 0 Å². The van der Waals surface area contributed by atoms with Crippen LogP contribution in [-0.2, 0) is 11.3 Å². The van der Waals surface area contributed by atoms with Crippen molar-refractivity contribution >= 4 is 0 Å². The van der Waals surface area contributed by atoms with E-state index in [1.807, 2.05) is 0 Å². The van der Waals surface area contributed by atoms with Gasteiger partial charge in [0.25, 0.3) is 0 Å². The van der Waals surface area contributed by atoms with E-state index < -0.39 is 0 Å². The first-order valence-electron chi connectivity index (χ1n) is 7.33. The molecule has 0 saturated heterocycles. The number of nitrogens with one attached hydrogen (secondary N) is 1.